The van der Waals surface area contributed by atoms with Crippen LogP contribution in [0.25, 0.3) is 0 Å². The van der Waals surface area contributed by atoms with Crippen LogP contribution in [-0.4, -0.2) is 12.5 Å². The maximum absolute atomic E-state index is 4.13. The van der Waals surface area contributed by atoms with E-state index >= 15 is 0 Å². The van der Waals surface area contributed by atoms with Crippen LogP contribution in [0.1, 0.15) is 13.8 Å². The molecule has 0 saturated heterocycles. The molecule has 0 aromatic heterocycles. The second-order valence-corrected chi connectivity index (χ2v) is 2.45. The van der Waals surface area contributed by atoms with Gasteiger partial charge in [0.25, 0.3) is 0 Å². The molecule has 0 aliphatic carbocycles. The molecule has 56 valence electrons. The Labute approximate surface area is 66.9 Å². The highest BCUT2D eigenvalue weighted by molar-refractivity contribution is 8.02. The van der Waals surface area contributed by atoms with E-state index in [1.54, 1.807) is 18.0 Å². The zero-order chi connectivity index (χ0) is 7.82. The van der Waals surface area contributed by atoms with Crippen molar-refractivity contribution in [3.8, 4) is 0 Å². The molecule has 1 nitrogen and oxygen atoms in total. The van der Waals surface area contributed by atoms with Crippen molar-refractivity contribution in [3.63, 3.8) is 0 Å². The summed E-state index contributed by atoms with van der Waals surface area (Å²) in [6.07, 6.45) is 9.78. The lowest BCUT2D eigenvalue weighted by atomic mass is 10.5. The summed E-state index contributed by atoms with van der Waals surface area (Å²) in [4.78, 5) is 4.13. The van der Waals surface area contributed by atoms with Crippen LogP contribution in [0.4, 0.5) is 0 Å². The number of allylic oxidation sites excluding steroid dienone is 3. The van der Waals surface area contributed by atoms with E-state index in [2.05, 4.69) is 4.99 Å². The quantitative estimate of drug-likeness (QED) is 0.451. The van der Waals surface area contributed by atoms with Gasteiger partial charge in [-0.2, -0.15) is 0 Å². The van der Waals surface area contributed by atoms with Gasteiger partial charge in [0.1, 0.15) is 0 Å². The fourth-order valence-electron chi connectivity index (χ4n) is 0.470. The monoisotopic (exact) mass is 155 g/mol. The Morgan fingerprint density at radius 2 is 2.10 bits per heavy atom. The lowest BCUT2D eigenvalue weighted by Gasteiger charge is -1.90. The standard InChI is InChI=1S/C8H13NS/c1-4-6-7-8(10-3)9-5-2/h4-7H,1-3H3/b6-4-,8-7+,9-5?. The number of rotatable bonds is 3. The molecule has 0 bridgehead atoms. The lowest BCUT2D eigenvalue weighted by molar-refractivity contribution is 1.52. The van der Waals surface area contributed by atoms with Crippen molar-refractivity contribution in [2.24, 2.45) is 4.99 Å². The van der Waals surface area contributed by atoms with Crippen molar-refractivity contribution >= 4 is 18.0 Å². The van der Waals surface area contributed by atoms with Crippen LogP contribution in [0.2, 0.25) is 0 Å². The van der Waals surface area contributed by atoms with Gasteiger partial charge < -0.3 is 0 Å². The first kappa shape index (κ1) is 9.50. The van der Waals surface area contributed by atoms with Crippen molar-refractivity contribution in [2.75, 3.05) is 6.26 Å². The van der Waals surface area contributed by atoms with Gasteiger partial charge in [-0.25, -0.2) is 0 Å². The lowest BCUT2D eigenvalue weighted by Crippen LogP contribution is -1.68. The molecule has 0 heterocycles. The fourth-order valence-corrected chi connectivity index (χ4v) is 0.895. The summed E-state index contributed by atoms with van der Waals surface area (Å²) in [5.41, 5.74) is 0. The molecule has 0 aliphatic heterocycles. The van der Waals surface area contributed by atoms with Gasteiger partial charge in [-0.05, 0) is 26.2 Å². The van der Waals surface area contributed by atoms with E-state index < -0.39 is 0 Å². The van der Waals surface area contributed by atoms with Crippen molar-refractivity contribution in [1.29, 1.82) is 0 Å². The fraction of sp³-hybridized carbons (Fsp3) is 0.375. The van der Waals surface area contributed by atoms with Gasteiger partial charge in [0, 0.05) is 6.21 Å². The summed E-state index contributed by atoms with van der Waals surface area (Å²) >= 11 is 1.65. The second-order valence-electron chi connectivity index (χ2n) is 1.62. The molecule has 10 heavy (non-hydrogen) atoms. The maximum Gasteiger partial charge on any atom is 0.0952 e. The average molecular weight is 155 g/mol. The van der Waals surface area contributed by atoms with Crippen molar-refractivity contribution < 1.29 is 0 Å². The van der Waals surface area contributed by atoms with E-state index in [9.17, 15) is 0 Å². The highest BCUT2D eigenvalue weighted by Crippen LogP contribution is 2.11. The molecule has 0 amide bonds. The zero-order valence-electron chi connectivity index (χ0n) is 6.66. The van der Waals surface area contributed by atoms with Gasteiger partial charge >= 0.3 is 0 Å². The summed E-state index contributed by atoms with van der Waals surface area (Å²) < 4.78 is 0. The molecule has 0 aromatic carbocycles. The number of nitrogens with zero attached hydrogens (tertiary/aromatic N) is 1. The van der Waals surface area contributed by atoms with Gasteiger partial charge in [-0.15, -0.1) is 11.8 Å². The van der Waals surface area contributed by atoms with Gasteiger partial charge in [0.05, 0.1) is 5.03 Å². The minimum absolute atomic E-state index is 1.04. The summed E-state index contributed by atoms with van der Waals surface area (Å²) in [6, 6.07) is 0. The van der Waals surface area contributed by atoms with Crippen LogP contribution in [0, 0.1) is 0 Å². The van der Waals surface area contributed by atoms with Crippen molar-refractivity contribution in [2.45, 2.75) is 13.8 Å². The molecule has 0 radical (unpaired) electrons. The summed E-state index contributed by atoms with van der Waals surface area (Å²) in [6.45, 7) is 3.91. The molecule has 0 atom stereocenters. The molecular weight excluding hydrogens is 142 g/mol. The topological polar surface area (TPSA) is 12.4 Å². The third-order valence-electron chi connectivity index (χ3n) is 0.897. The highest BCUT2D eigenvalue weighted by Gasteiger charge is 1.83. The van der Waals surface area contributed by atoms with E-state index in [4.69, 9.17) is 0 Å². The van der Waals surface area contributed by atoms with Gasteiger partial charge in [0.15, 0.2) is 0 Å². The van der Waals surface area contributed by atoms with Crippen LogP contribution in [-0.2, 0) is 0 Å². The second kappa shape index (κ2) is 6.62. The molecule has 0 spiro atoms. The number of hydrogen-bond acceptors (Lipinski definition) is 2. The van der Waals surface area contributed by atoms with Crippen LogP contribution in [0.3, 0.4) is 0 Å². The third-order valence-corrected chi connectivity index (χ3v) is 1.56. The Morgan fingerprint density at radius 1 is 1.40 bits per heavy atom. The van der Waals surface area contributed by atoms with E-state index in [1.807, 2.05) is 38.3 Å². The molecule has 0 aromatic rings. The first-order valence-electron chi connectivity index (χ1n) is 3.20. The maximum atomic E-state index is 4.13. The average Bonchev–Trinajstić information content (AvgIpc) is 1.98. The van der Waals surface area contributed by atoms with Crippen molar-refractivity contribution in [3.05, 3.63) is 23.3 Å². The van der Waals surface area contributed by atoms with Gasteiger partial charge in [-0.1, -0.05) is 12.2 Å². The largest absolute Gasteiger partial charge is 0.255 e. The molecule has 0 unspecified atom stereocenters. The Hall–Kier alpha value is -0.500. The predicted octanol–water partition coefficient (Wildman–Crippen LogP) is 2.86. The Bertz CT molecular complexity index is 157. The Morgan fingerprint density at radius 3 is 2.50 bits per heavy atom. The molecule has 0 saturated carbocycles. The van der Waals surface area contributed by atoms with E-state index in [0.717, 1.165) is 5.03 Å². The molecule has 0 rings (SSSR count). The molecule has 0 aliphatic rings. The number of aliphatic imine (C=N–C) groups is 1. The summed E-state index contributed by atoms with van der Waals surface area (Å²) in [7, 11) is 0. The van der Waals surface area contributed by atoms with E-state index in [-0.39, 0.29) is 0 Å². The molecular formula is C8H13NS. The first-order valence-corrected chi connectivity index (χ1v) is 4.43. The van der Waals surface area contributed by atoms with E-state index in [1.165, 1.54) is 0 Å². The molecule has 0 N–H and O–H groups in total. The third kappa shape index (κ3) is 4.39. The highest BCUT2D eigenvalue weighted by atomic mass is 32.2. The summed E-state index contributed by atoms with van der Waals surface area (Å²) in [5.74, 6) is 0. The normalized spacial score (nSPS) is 13.7. The number of hydrogen-bond donors (Lipinski definition) is 0. The van der Waals surface area contributed by atoms with Crippen LogP contribution in [0.5, 0.6) is 0 Å². The summed E-state index contributed by atoms with van der Waals surface area (Å²) in [5, 5.41) is 1.04. The SMILES string of the molecule is CC=N/C(=C\C=C/C)SC. The zero-order valence-corrected chi connectivity index (χ0v) is 7.48. The first-order chi connectivity index (χ1) is 4.85. The van der Waals surface area contributed by atoms with Crippen LogP contribution in [0.15, 0.2) is 28.2 Å². The van der Waals surface area contributed by atoms with Crippen molar-refractivity contribution in [1.82, 2.24) is 0 Å². The van der Waals surface area contributed by atoms with Gasteiger partial charge in [-0.3, -0.25) is 4.99 Å². The smallest absolute Gasteiger partial charge is 0.0952 e. The van der Waals surface area contributed by atoms with Crippen LogP contribution < -0.4 is 0 Å². The Balaban J connectivity index is 4.04. The minimum atomic E-state index is 1.04. The Kier molecular flexibility index (Phi) is 6.29. The molecule has 2 heteroatoms. The van der Waals surface area contributed by atoms with E-state index in [0.29, 0.717) is 0 Å². The minimum Gasteiger partial charge on any atom is -0.255 e. The molecule has 0 fully saturated rings. The van der Waals surface area contributed by atoms with Gasteiger partial charge in [0.2, 0.25) is 0 Å². The number of thioether (sulfide) groups is 1. The van der Waals surface area contributed by atoms with Crippen LogP contribution >= 0.6 is 11.8 Å². The predicted molar refractivity (Wildman–Crippen MR) is 50.6 cm³/mol.